The molecule has 0 aliphatic heterocycles. The molecule has 0 aromatic heterocycles. The van der Waals surface area contributed by atoms with Gasteiger partial charge in [0.25, 0.3) is 0 Å². The van der Waals surface area contributed by atoms with Gasteiger partial charge in [0.05, 0.1) is 5.02 Å². The van der Waals surface area contributed by atoms with Crippen molar-refractivity contribution in [3.63, 3.8) is 0 Å². The second-order valence-electron chi connectivity index (χ2n) is 4.42. The standard InChI is InChI=1S/C14H21ClFNO/c1-3-4-5-8-17-10-11(2)18-12-6-7-14(16)13(15)9-12/h6-7,9,11,17H,3-5,8,10H2,1-2H3. The molecule has 0 saturated heterocycles. The second kappa shape index (κ2) is 8.33. The first kappa shape index (κ1) is 15.3. The number of rotatable bonds is 8. The Morgan fingerprint density at radius 2 is 2.17 bits per heavy atom. The topological polar surface area (TPSA) is 21.3 Å². The lowest BCUT2D eigenvalue weighted by Gasteiger charge is -2.15. The summed E-state index contributed by atoms with van der Waals surface area (Å²) in [6.07, 6.45) is 3.69. The Labute approximate surface area is 113 Å². The maximum Gasteiger partial charge on any atom is 0.142 e. The van der Waals surface area contributed by atoms with Crippen molar-refractivity contribution in [2.45, 2.75) is 39.2 Å². The van der Waals surface area contributed by atoms with Gasteiger partial charge in [-0.1, -0.05) is 31.4 Å². The zero-order valence-electron chi connectivity index (χ0n) is 11.0. The molecule has 1 aromatic rings. The Kier molecular flexibility index (Phi) is 7.06. The van der Waals surface area contributed by atoms with Crippen molar-refractivity contribution in [3.05, 3.63) is 29.0 Å². The van der Waals surface area contributed by atoms with Crippen molar-refractivity contribution in [1.82, 2.24) is 5.32 Å². The summed E-state index contributed by atoms with van der Waals surface area (Å²) in [5, 5.41) is 3.43. The summed E-state index contributed by atoms with van der Waals surface area (Å²) in [6, 6.07) is 4.42. The van der Waals surface area contributed by atoms with Gasteiger partial charge in [0, 0.05) is 12.6 Å². The lowest BCUT2D eigenvalue weighted by Crippen LogP contribution is -2.29. The number of hydrogen-bond donors (Lipinski definition) is 1. The highest BCUT2D eigenvalue weighted by molar-refractivity contribution is 6.30. The smallest absolute Gasteiger partial charge is 0.142 e. The van der Waals surface area contributed by atoms with Crippen molar-refractivity contribution >= 4 is 11.6 Å². The summed E-state index contributed by atoms with van der Waals surface area (Å²) in [5.41, 5.74) is 0. The van der Waals surface area contributed by atoms with E-state index in [9.17, 15) is 4.39 Å². The van der Waals surface area contributed by atoms with E-state index in [2.05, 4.69) is 12.2 Å². The van der Waals surface area contributed by atoms with Gasteiger partial charge in [-0.3, -0.25) is 0 Å². The molecular weight excluding hydrogens is 253 g/mol. The number of halogens is 2. The van der Waals surface area contributed by atoms with Crippen molar-refractivity contribution in [1.29, 1.82) is 0 Å². The van der Waals surface area contributed by atoms with Crippen molar-refractivity contribution in [3.8, 4) is 5.75 Å². The zero-order valence-corrected chi connectivity index (χ0v) is 11.8. The molecule has 4 heteroatoms. The van der Waals surface area contributed by atoms with Gasteiger partial charge < -0.3 is 10.1 Å². The van der Waals surface area contributed by atoms with Crippen molar-refractivity contribution < 1.29 is 9.13 Å². The molecule has 1 N–H and O–H groups in total. The summed E-state index contributed by atoms with van der Waals surface area (Å²) in [7, 11) is 0. The first-order valence-corrected chi connectivity index (χ1v) is 6.83. The third kappa shape index (κ3) is 5.69. The van der Waals surface area contributed by atoms with Crippen LogP contribution in [0, 0.1) is 5.82 Å². The van der Waals surface area contributed by atoms with E-state index in [-0.39, 0.29) is 11.1 Å². The lowest BCUT2D eigenvalue weighted by molar-refractivity contribution is 0.217. The van der Waals surface area contributed by atoms with E-state index >= 15 is 0 Å². The zero-order chi connectivity index (χ0) is 13.4. The van der Waals surface area contributed by atoms with Gasteiger partial charge in [0.1, 0.15) is 17.7 Å². The molecule has 0 spiro atoms. The Bertz CT molecular complexity index is 360. The SMILES string of the molecule is CCCCCNCC(C)Oc1ccc(F)c(Cl)c1. The highest BCUT2D eigenvalue weighted by Crippen LogP contribution is 2.21. The maximum atomic E-state index is 13.0. The van der Waals surface area contributed by atoms with Gasteiger partial charge in [-0.05, 0) is 32.0 Å². The van der Waals surface area contributed by atoms with Crippen LogP contribution in [0.25, 0.3) is 0 Å². The van der Waals surface area contributed by atoms with Gasteiger partial charge >= 0.3 is 0 Å². The van der Waals surface area contributed by atoms with Crippen molar-refractivity contribution in [2.75, 3.05) is 13.1 Å². The van der Waals surface area contributed by atoms with Crippen molar-refractivity contribution in [2.24, 2.45) is 0 Å². The number of hydrogen-bond acceptors (Lipinski definition) is 2. The minimum atomic E-state index is -0.422. The molecule has 18 heavy (non-hydrogen) atoms. The summed E-state index contributed by atoms with van der Waals surface area (Å²) >= 11 is 5.69. The van der Waals surface area contributed by atoms with Crippen LogP contribution in [0.3, 0.4) is 0 Å². The normalized spacial score (nSPS) is 12.4. The van der Waals surface area contributed by atoms with Crippen LogP contribution in [0.15, 0.2) is 18.2 Å². The first-order valence-electron chi connectivity index (χ1n) is 6.46. The highest BCUT2D eigenvalue weighted by atomic mass is 35.5. The molecule has 0 heterocycles. The number of benzene rings is 1. The summed E-state index contributed by atoms with van der Waals surface area (Å²) in [6.45, 7) is 5.94. The fourth-order valence-electron chi connectivity index (χ4n) is 1.63. The fourth-order valence-corrected chi connectivity index (χ4v) is 1.80. The van der Waals surface area contributed by atoms with Gasteiger partial charge in [-0.2, -0.15) is 0 Å². The average molecular weight is 274 g/mol. The molecule has 0 aliphatic carbocycles. The Hall–Kier alpha value is -0.800. The second-order valence-corrected chi connectivity index (χ2v) is 4.82. The molecule has 0 radical (unpaired) electrons. The minimum Gasteiger partial charge on any atom is -0.489 e. The molecule has 1 unspecified atom stereocenters. The van der Waals surface area contributed by atoms with E-state index in [0.29, 0.717) is 5.75 Å². The van der Waals surface area contributed by atoms with Crippen LogP contribution >= 0.6 is 11.6 Å². The minimum absolute atomic E-state index is 0.0353. The molecule has 102 valence electrons. The number of ether oxygens (including phenoxy) is 1. The van der Waals surface area contributed by atoms with Crippen LogP contribution in [0.2, 0.25) is 5.02 Å². The molecule has 0 fully saturated rings. The summed E-state index contributed by atoms with van der Waals surface area (Å²) in [5.74, 6) is 0.179. The average Bonchev–Trinajstić information content (AvgIpc) is 2.34. The molecule has 0 bridgehead atoms. The monoisotopic (exact) mass is 273 g/mol. The molecular formula is C14H21ClFNO. The molecule has 0 amide bonds. The number of nitrogens with one attached hydrogen (secondary N) is 1. The predicted molar refractivity (Wildman–Crippen MR) is 73.9 cm³/mol. The third-order valence-corrected chi connectivity index (χ3v) is 2.91. The van der Waals surface area contributed by atoms with Crippen LogP contribution in [-0.4, -0.2) is 19.2 Å². The van der Waals surface area contributed by atoms with Crippen LogP contribution in [0.5, 0.6) is 5.75 Å². The molecule has 1 atom stereocenters. The van der Waals surface area contributed by atoms with Crippen LogP contribution in [0.4, 0.5) is 4.39 Å². The molecule has 0 aliphatic rings. The van der Waals surface area contributed by atoms with Crippen LogP contribution in [0.1, 0.15) is 33.1 Å². The van der Waals surface area contributed by atoms with Crippen LogP contribution < -0.4 is 10.1 Å². The third-order valence-electron chi connectivity index (χ3n) is 2.62. The first-order chi connectivity index (χ1) is 8.63. The number of unbranched alkanes of at least 4 members (excludes halogenated alkanes) is 2. The fraction of sp³-hybridized carbons (Fsp3) is 0.571. The molecule has 0 saturated carbocycles. The van der Waals surface area contributed by atoms with E-state index in [0.717, 1.165) is 13.1 Å². The van der Waals surface area contributed by atoms with Crippen LogP contribution in [-0.2, 0) is 0 Å². The Morgan fingerprint density at radius 1 is 1.39 bits per heavy atom. The molecule has 2 nitrogen and oxygen atoms in total. The van der Waals surface area contributed by atoms with Gasteiger partial charge in [0.15, 0.2) is 0 Å². The van der Waals surface area contributed by atoms with E-state index in [1.807, 2.05) is 6.92 Å². The van der Waals surface area contributed by atoms with E-state index in [1.54, 1.807) is 6.07 Å². The summed E-state index contributed by atoms with van der Waals surface area (Å²) < 4.78 is 18.6. The Balaban J connectivity index is 2.26. The van der Waals surface area contributed by atoms with E-state index in [4.69, 9.17) is 16.3 Å². The lowest BCUT2D eigenvalue weighted by atomic mass is 10.2. The largest absolute Gasteiger partial charge is 0.489 e. The predicted octanol–water partition coefficient (Wildman–Crippen LogP) is 4.03. The van der Waals surface area contributed by atoms with Gasteiger partial charge in [0.2, 0.25) is 0 Å². The van der Waals surface area contributed by atoms with Gasteiger partial charge in [-0.25, -0.2) is 4.39 Å². The molecule has 1 aromatic carbocycles. The Morgan fingerprint density at radius 3 is 2.83 bits per heavy atom. The molecule has 1 rings (SSSR count). The quantitative estimate of drug-likeness (QED) is 0.722. The summed E-state index contributed by atoms with van der Waals surface area (Å²) in [4.78, 5) is 0. The maximum absolute atomic E-state index is 13.0. The van der Waals surface area contributed by atoms with E-state index in [1.165, 1.54) is 31.4 Å². The highest BCUT2D eigenvalue weighted by Gasteiger charge is 2.06. The van der Waals surface area contributed by atoms with E-state index < -0.39 is 5.82 Å². The van der Waals surface area contributed by atoms with Gasteiger partial charge in [-0.15, -0.1) is 0 Å².